The molecule has 1 aliphatic rings. The van der Waals surface area contributed by atoms with E-state index in [1.165, 1.54) is 0 Å². The number of alkyl halides is 1. The van der Waals surface area contributed by atoms with Crippen LogP contribution in [0, 0.1) is 11.3 Å². The van der Waals surface area contributed by atoms with Crippen LogP contribution in [0.4, 0.5) is 5.82 Å². The maximum Gasteiger partial charge on any atom is 0.163 e. The van der Waals surface area contributed by atoms with Gasteiger partial charge in [-0.25, -0.2) is 10.0 Å². The van der Waals surface area contributed by atoms with E-state index in [4.69, 9.17) is 16.9 Å². The van der Waals surface area contributed by atoms with E-state index in [0.29, 0.717) is 5.82 Å². The van der Waals surface area contributed by atoms with Crippen molar-refractivity contribution < 1.29 is 5.21 Å². The van der Waals surface area contributed by atoms with Gasteiger partial charge in [0.25, 0.3) is 0 Å². The van der Waals surface area contributed by atoms with Crippen molar-refractivity contribution in [1.82, 2.24) is 4.98 Å². The molecule has 1 aliphatic heterocycles. The summed E-state index contributed by atoms with van der Waals surface area (Å²) >= 11 is 5.76. The number of pyridine rings is 1. The van der Waals surface area contributed by atoms with Crippen molar-refractivity contribution in [3.63, 3.8) is 0 Å². The molecule has 0 amide bonds. The van der Waals surface area contributed by atoms with E-state index in [0.717, 1.165) is 10.6 Å². The molecule has 0 fully saturated rings. The monoisotopic (exact) mass is 207 g/mol. The molecular formula is C9H6ClN3O. The summed E-state index contributed by atoms with van der Waals surface area (Å²) in [5.41, 5.74) is 0.356. The Morgan fingerprint density at radius 2 is 2.36 bits per heavy atom. The molecule has 1 aromatic rings. The SMILES string of the molecule is N#Cc1ccc2c(n1)N(O)C(Cl)C=C2. The Hall–Kier alpha value is -1.57. The molecule has 0 aromatic carbocycles. The fourth-order valence-electron chi connectivity index (χ4n) is 1.22. The molecule has 1 N–H and O–H groups in total. The lowest BCUT2D eigenvalue weighted by molar-refractivity contribution is 0.251. The minimum absolute atomic E-state index is 0.252. The van der Waals surface area contributed by atoms with Crippen molar-refractivity contribution in [2.24, 2.45) is 0 Å². The van der Waals surface area contributed by atoms with Crippen molar-refractivity contribution >= 4 is 23.5 Å². The number of hydroxylamine groups is 1. The summed E-state index contributed by atoms with van der Waals surface area (Å²) in [6.45, 7) is 0. The zero-order valence-electron chi connectivity index (χ0n) is 7.05. The van der Waals surface area contributed by atoms with E-state index < -0.39 is 5.50 Å². The zero-order valence-corrected chi connectivity index (χ0v) is 7.81. The first-order valence-electron chi connectivity index (χ1n) is 3.94. The van der Waals surface area contributed by atoms with Crippen molar-refractivity contribution in [2.75, 3.05) is 5.06 Å². The molecule has 0 radical (unpaired) electrons. The Morgan fingerprint density at radius 1 is 1.57 bits per heavy atom. The van der Waals surface area contributed by atoms with Gasteiger partial charge in [-0.1, -0.05) is 17.7 Å². The number of hydrogen-bond donors (Lipinski definition) is 1. The molecule has 1 unspecified atom stereocenters. The number of nitriles is 1. The molecule has 2 rings (SSSR count). The third kappa shape index (κ3) is 1.33. The molecule has 70 valence electrons. The lowest BCUT2D eigenvalue weighted by Crippen LogP contribution is -2.29. The summed E-state index contributed by atoms with van der Waals surface area (Å²) in [6, 6.07) is 5.20. The standard InChI is InChI=1S/C9H6ClN3O/c10-8-4-2-6-1-3-7(5-11)12-9(6)13(8)14/h1-4,8,14H. The van der Waals surface area contributed by atoms with Crippen LogP contribution >= 0.6 is 11.6 Å². The van der Waals surface area contributed by atoms with E-state index >= 15 is 0 Å². The topological polar surface area (TPSA) is 60.2 Å². The third-order valence-electron chi connectivity index (χ3n) is 1.91. The maximum atomic E-state index is 9.53. The Kier molecular flexibility index (Phi) is 2.12. The van der Waals surface area contributed by atoms with Gasteiger partial charge in [0.2, 0.25) is 0 Å². The maximum absolute atomic E-state index is 9.53. The van der Waals surface area contributed by atoms with Crippen LogP contribution in [0.25, 0.3) is 6.08 Å². The van der Waals surface area contributed by atoms with Crippen molar-refractivity contribution in [3.05, 3.63) is 29.5 Å². The lowest BCUT2D eigenvalue weighted by atomic mass is 10.1. The highest BCUT2D eigenvalue weighted by molar-refractivity contribution is 6.23. The van der Waals surface area contributed by atoms with E-state index in [1.54, 1.807) is 24.3 Å². The summed E-state index contributed by atoms with van der Waals surface area (Å²) in [5.74, 6) is 0.312. The van der Waals surface area contributed by atoms with Crippen LogP contribution in [0.2, 0.25) is 0 Å². The highest BCUT2D eigenvalue weighted by Gasteiger charge is 2.20. The number of nitrogens with zero attached hydrogens (tertiary/aromatic N) is 3. The fourth-order valence-corrected chi connectivity index (χ4v) is 1.38. The van der Waals surface area contributed by atoms with Crippen LogP contribution in [-0.4, -0.2) is 15.7 Å². The Balaban J connectivity index is 2.55. The second-order valence-electron chi connectivity index (χ2n) is 2.80. The summed E-state index contributed by atoms with van der Waals surface area (Å²) < 4.78 is 0. The number of halogens is 1. The number of rotatable bonds is 0. The highest BCUT2D eigenvalue weighted by atomic mass is 35.5. The number of hydrogen-bond acceptors (Lipinski definition) is 4. The van der Waals surface area contributed by atoms with Gasteiger partial charge < -0.3 is 0 Å². The van der Waals surface area contributed by atoms with Gasteiger partial charge in [0.15, 0.2) is 5.82 Å². The van der Waals surface area contributed by atoms with Crippen molar-refractivity contribution in [3.8, 4) is 6.07 Å². The third-order valence-corrected chi connectivity index (χ3v) is 2.24. The molecule has 2 heterocycles. The minimum atomic E-state index is -0.635. The van der Waals surface area contributed by atoms with Gasteiger partial charge in [0.1, 0.15) is 17.3 Å². The summed E-state index contributed by atoms with van der Waals surface area (Å²) in [4.78, 5) is 3.94. The van der Waals surface area contributed by atoms with Gasteiger partial charge in [-0.3, -0.25) is 5.21 Å². The summed E-state index contributed by atoms with van der Waals surface area (Å²) in [5, 5.41) is 19.0. The first-order chi connectivity index (χ1) is 6.72. The fraction of sp³-hybridized carbons (Fsp3) is 0.111. The van der Waals surface area contributed by atoms with Crippen LogP contribution in [0.1, 0.15) is 11.3 Å². The van der Waals surface area contributed by atoms with E-state index in [2.05, 4.69) is 4.98 Å². The van der Waals surface area contributed by atoms with Gasteiger partial charge in [0, 0.05) is 5.56 Å². The van der Waals surface area contributed by atoms with Crippen LogP contribution in [0.15, 0.2) is 18.2 Å². The average molecular weight is 208 g/mol. The smallest absolute Gasteiger partial charge is 0.163 e. The average Bonchev–Trinajstić information content (AvgIpc) is 2.23. The highest BCUT2D eigenvalue weighted by Crippen LogP contribution is 2.26. The molecule has 4 nitrogen and oxygen atoms in total. The van der Waals surface area contributed by atoms with Crippen LogP contribution in [0.3, 0.4) is 0 Å². The molecule has 0 aliphatic carbocycles. The van der Waals surface area contributed by atoms with E-state index in [9.17, 15) is 5.21 Å². The molecule has 14 heavy (non-hydrogen) atoms. The quantitative estimate of drug-likeness (QED) is 0.520. The van der Waals surface area contributed by atoms with Crippen LogP contribution in [-0.2, 0) is 0 Å². The summed E-state index contributed by atoms with van der Waals surface area (Å²) in [6.07, 6.45) is 3.39. The second kappa shape index (κ2) is 3.29. The van der Waals surface area contributed by atoms with Gasteiger partial charge in [0.05, 0.1) is 0 Å². The molecule has 0 saturated carbocycles. The summed E-state index contributed by atoms with van der Waals surface area (Å²) in [7, 11) is 0. The predicted octanol–water partition coefficient (Wildman–Crippen LogP) is 1.74. The Bertz CT molecular complexity index is 438. The van der Waals surface area contributed by atoms with Crippen molar-refractivity contribution in [1.29, 1.82) is 5.26 Å². The second-order valence-corrected chi connectivity index (χ2v) is 3.24. The van der Waals surface area contributed by atoms with Crippen molar-refractivity contribution in [2.45, 2.75) is 5.50 Å². The molecule has 0 bridgehead atoms. The number of fused-ring (bicyclic) bond motifs is 1. The van der Waals surface area contributed by atoms with Gasteiger partial charge in [-0.2, -0.15) is 5.26 Å². The first-order valence-corrected chi connectivity index (χ1v) is 4.37. The molecule has 1 aromatic heterocycles. The van der Waals surface area contributed by atoms with Crippen LogP contribution < -0.4 is 5.06 Å². The number of aromatic nitrogens is 1. The Labute approximate surface area is 85.6 Å². The molecule has 1 atom stereocenters. The number of anilines is 1. The Morgan fingerprint density at radius 3 is 3.07 bits per heavy atom. The van der Waals surface area contributed by atoms with E-state index in [-0.39, 0.29) is 5.69 Å². The molecule has 0 saturated heterocycles. The normalized spacial score (nSPS) is 18.9. The lowest BCUT2D eigenvalue weighted by Gasteiger charge is -2.24. The molecule has 0 spiro atoms. The molecule has 5 heteroatoms. The van der Waals surface area contributed by atoms with Crippen LogP contribution in [0.5, 0.6) is 0 Å². The zero-order chi connectivity index (χ0) is 10.1. The molecular weight excluding hydrogens is 202 g/mol. The minimum Gasteiger partial charge on any atom is -0.285 e. The first kappa shape index (κ1) is 9.00. The van der Waals surface area contributed by atoms with Gasteiger partial charge in [-0.05, 0) is 18.2 Å². The largest absolute Gasteiger partial charge is 0.285 e. The van der Waals surface area contributed by atoms with Gasteiger partial charge in [-0.15, -0.1) is 0 Å². The van der Waals surface area contributed by atoms with Gasteiger partial charge >= 0.3 is 0 Å². The predicted molar refractivity (Wildman–Crippen MR) is 51.9 cm³/mol. The van der Waals surface area contributed by atoms with E-state index in [1.807, 2.05) is 6.07 Å².